The van der Waals surface area contributed by atoms with Crippen LogP contribution in [0.4, 0.5) is 0 Å². The Morgan fingerprint density at radius 1 is 1.04 bits per heavy atom. The van der Waals surface area contributed by atoms with Crippen LogP contribution in [-0.2, 0) is 4.79 Å². The third kappa shape index (κ3) is 5.25. The highest BCUT2D eigenvalue weighted by molar-refractivity contribution is 6.66. The van der Waals surface area contributed by atoms with Crippen molar-refractivity contribution in [1.29, 1.82) is 5.41 Å². The third-order valence-corrected chi connectivity index (χ3v) is 5.33. The second-order valence-electron chi connectivity index (χ2n) is 8.03. The first kappa shape index (κ1) is 18.8. The van der Waals surface area contributed by atoms with Crippen LogP contribution in [0.2, 0.25) is 0 Å². The SMILES string of the molecule is CN=C(C(=NC(=N)C1CC1)C(=O)O)C1CCCCC(C)(C)CCC1. The summed E-state index contributed by atoms with van der Waals surface area (Å²) in [4.78, 5) is 20.2. The quantitative estimate of drug-likeness (QED) is 0.591. The highest BCUT2D eigenvalue weighted by Crippen LogP contribution is 2.34. The molecule has 1 atom stereocenters. The van der Waals surface area contributed by atoms with Crippen molar-refractivity contribution in [2.24, 2.45) is 27.2 Å². The van der Waals surface area contributed by atoms with Crippen LogP contribution in [0.25, 0.3) is 0 Å². The van der Waals surface area contributed by atoms with Crippen molar-refractivity contribution in [2.45, 2.75) is 71.6 Å². The lowest BCUT2D eigenvalue weighted by atomic mass is 9.82. The molecule has 0 aromatic heterocycles. The van der Waals surface area contributed by atoms with Crippen molar-refractivity contribution in [2.75, 3.05) is 7.05 Å². The number of nitrogens with one attached hydrogen (secondary N) is 1. The van der Waals surface area contributed by atoms with Gasteiger partial charge in [0.05, 0.1) is 5.71 Å². The Labute approximate surface area is 145 Å². The minimum Gasteiger partial charge on any atom is -0.476 e. The van der Waals surface area contributed by atoms with E-state index in [0.29, 0.717) is 11.1 Å². The summed E-state index contributed by atoms with van der Waals surface area (Å²) in [6.45, 7) is 4.65. The first-order valence-corrected chi connectivity index (χ1v) is 9.21. The van der Waals surface area contributed by atoms with Crippen molar-refractivity contribution < 1.29 is 9.90 Å². The molecule has 0 heterocycles. The van der Waals surface area contributed by atoms with Crippen molar-refractivity contribution in [3.05, 3.63) is 0 Å². The Balaban J connectivity index is 2.17. The number of carboxylic acid groups (broad SMARTS) is 1. The average molecular weight is 333 g/mol. The van der Waals surface area contributed by atoms with Crippen LogP contribution in [0, 0.1) is 22.7 Å². The zero-order valence-electron chi connectivity index (χ0n) is 15.3. The Morgan fingerprint density at radius 2 is 1.67 bits per heavy atom. The largest absolute Gasteiger partial charge is 0.476 e. The van der Waals surface area contributed by atoms with Crippen molar-refractivity contribution in [3.8, 4) is 0 Å². The summed E-state index contributed by atoms with van der Waals surface area (Å²) < 4.78 is 0. The number of hydrogen-bond donors (Lipinski definition) is 2. The van der Waals surface area contributed by atoms with E-state index in [2.05, 4.69) is 23.8 Å². The van der Waals surface area contributed by atoms with Gasteiger partial charge >= 0.3 is 5.97 Å². The fraction of sp³-hybridized carbons (Fsp3) is 0.789. The number of carboxylic acids is 1. The van der Waals surface area contributed by atoms with Crippen molar-refractivity contribution in [1.82, 2.24) is 0 Å². The second kappa shape index (κ2) is 8.04. The van der Waals surface area contributed by atoms with E-state index in [0.717, 1.165) is 44.9 Å². The molecular formula is C19H31N3O2. The predicted octanol–water partition coefficient (Wildman–Crippen LogP) is 4.36. The lowest BCUT2D eigenvalue weighted by molar-refractivity contribution is -0.129. The van der Waals surface area contributed by atoms with Crippen molar-refractivity contribution >= 4 is 23.2 Å². The Kier molecular flexibility index (Phi) is 6.30. The molecule has 0 spiro atoms. The molecule has 2 fully saturated rings. The van der Waals surface area contributed by atoms with Crippen LogP contribution in [0.5, 0.6) is 0 Å². The molecule has 2 aliphatic rings. The van der Waals surface area contributed by atoms with E-state index in [4.69, 9.17) is 5.41 Å². The summed E-state index contributed by atoms with van der Waals surface area (Å²) in [7, 11) is 1.66. The summed E-state index contributed by atoms with van der Waals surface area (Å²) in [6.07, 6.45) is 9.58. The highest BCUT2D eigenvalue weighted by Gasteiger charge is 2.31. The van der Waals surface area contributed by atoms with Crippen LogP contribution in [0.3, 0.4) is 0 Å². The van der Waals surface area contributed by atoms with Gasteiger partial charge in [-0.3, -0.25) is 10.4 Å². The lowest BCUT2D eigenvalue weighted by Crippen LogP contribution is -2.31. The lowest BCUT2D eigenvalue weighted by Gasteiger charge is -2.23. The number of carbonyl (C=O) groups is 1. The number of amidine groups is 1. The molecule has 134 valence electrons. The van der Waals surface area contributed by atoms with E-state index in [9.17, 15) is 9.90 Å². The Morgan fingerprint density at radius 3 is 2.25 bits per heavy atom. The Hall–Kier alpha value is -1.52. The maximum Gasteiger partial charge on any atom is 0.356 e. The third-order valence-electron chi connectivity index (χ3n) is 5.33. The molecule has 2 aliphatic carbocycles. The van der Waals surface area contributed by atoms with Gasteiger partial charge in [-0.1, -0.05) is 33.1 Å². The summed E-state index contributed by atoms with van der Waals surface area (Å²) in [5, 5.41) is 17.6. The maximum atomic E-state index is 11.7. The molecule has 2 rings (SSSR count). The van der Waals surface area contributed by atoms with Gasteiger partial charge in [-0.15, -0.1) is 0 Å². The molecule has 0 amide bonds. The van der Waals surface area contributed by atoms with E-state index in [1.165, 1.54) is 12.8 Å². The number of nitrogens with zero attached hydrogens (tertiary/aromatic N) is 2. The monoisotopic (exact) mass is 333 g/mol. The van der Waals surface area contributed by atoms with Gasteiger partial charge in [0.2, 0.25) is 0 Å². The van der Waals surface area contributed by atoms with Crippen LogP contribution in [0.15, 0.2) is 9.98 Å². The Bertz CT molecular complexity index is 545. The number of rotatable bonds is 4. The molecule has 24 heavy (non-hydrogen) atoms. The molecular weight excluding hydrogens is 302 g/mol. The zero-order chi connectivity index (χ0) is 17.7. The average Bonchev–Trinajstić information content (AvgIpc) is 3.33. The molecule has 5 nitrogen and oxygen atoms in total. The van der Waals surface area contributed by atoms with Gasteiger partial charge in [0.1, 0.15) is 5.84 Å². The minimum absolute atomic E-state index is 0.00194. The fourth-order valence-corrected chi connectivity index (χ4v) is 3.63. The van der Waals surface area contributed by atoms with E-state index < -0.39 is 5.97 Å². The van der Waals surface area contributed by atoms with Gasteiger partial charge in [-0.05, 0) is 43.9 Å². The van der Waals surface area contributed by atoms with Crippen LogP contribution in [0.1, 0.15) is 71.6 Å². The molecule has 1 unspecified atom stereocenters. The molecule has 0 radical (unpaired) electrons. The first-order chi connectivity index (χ1) is 11.3. The van der Waals surface area contributed by atoms with Crippen LogP contribution in [-0.4, -0.2) is 35.4 Å². The van der Waals surface area contributed by atoms with Gasteiger partial charge in [0, 0.05) is 18.9 Å². The molecule has 0 aromatic carbocycles. The van der Waals surface area contributed by atoms with Crippen molar-refractivity contribution in [3.63, 3.8) is 0 Å². The van der Waals surface area contributed by atoms with Gasteiger partial charge in [-0.2, -0.15) is 0 Å². The molecule has 5 heteroatoms. The minimum atomic E-state index is -1.05. The molecule has 0 aliphatic heterocycles. The molecule has 0 aromatic rings. The van der Waals surface area contributed by atoms with E-state index in [1.807, 2.05) is 0 Å². The van der Waals surface area contributed by atoms with Gasteiger partial charge in [0.25, 0.3) is 0 Å². The number of hydrogen-bond acceptors (Lipinski definition) is 3. The van der Waals surface area contributed by atoms with E-state index in [-0.39, 0.29) is 23.4 Å². The molecule has 2 N–H and O–H groups in total. The fourth-order valence-electron chi connectivity index (χ4n) is 3.63. The molecule has 0 bridgehead atoms. The topological polar surface area (TPSA) is 85.9 Å². The standard InChI is InChI=1S/C19H31N3O2/c1-19(2)11-5-4-7-13(8-6-12-19)15(21-3)16(18(23)24)22-17(20)14-9-10-14/h13-14,20H,4-12H2,1-3H3,(H,23,24). The van der Waals surface area contributed by atoms with Crippen LogP contribution < -0.4 is 0 Å². The van der Waals surface area contributed by atoms with E-state index >= 15 is 0 Å². The zero-order valence-corrected chi connectivity index (χ0v) is 15.3. The predicted molar refractivity (Wildman–Crippen MR) is 98.5 cm³/mol. The van der Waals surface area contributed by atoms with Gasteiger partial charge < -0.3 is 5.11 Å². The van der Waals surface area contributed by atoms with Gasteiger partial charge in [0.15, 0.2) is 5.71 Å². The maximum absolute atomic E-state index is 11.7. The summed E-state index contributed by atoms with van der Waals surface area (Å²) in [5.41, 5.74) is 0.960. The molecule has 2 saturated carbocycles. The first-order valence-electron chi connectivity index (χ1n) is 9.21. The van der Waals surface area contributed by atoms with Gasteiger partial charge in [-0.25, -0.2) is 9.79 Å². The molecule has 0 saturated heterocycles. The normalized spacial score (nSPS) is 26.2. The summed E-state index contributed by atoms with van der Waals surface area (Å²) in [5.74, 6) is -0.552. The van der Waals surface area contributed by atoms with E-state index in [1.54, 1.807) is 7.05 Å². The summed E-state index contributed by atoms with van der Waals surface area (Å²) >= 11 is 0. The highest BCUT2D eigenvalue weighted by atomic mass is 16.4. The smallest absolute Gasteiger partial charge is 0.356 e. The number of aliphatic imine (C=N–C) groups is 2. The van der Waals surface area contributed by atoms with Crippen LogP contribution >= 0.6 is 0 Å². The number of aliphatic carboxylic acids is 1. The second-order valence-corrected chi connectivity index (χ2v) is 8.03. The summed E-state index contributed by atoms with van der Waals surface area (Å²) in [6, 6.07) is 0.